The molecule has 0 aliphatic carbocycles. The lowest BCUT2D eigenvalue weighted by Gasteiger charge is -2.20. The lowest BCUT2D eigenvalue weighted by atomic mass is 10.1. The second-order valence-electron chi connectivity index (χ2n) is 4.99. The fraction of sp³-hybridized carbons (Fsp3) is 0.188. The minimum absolute atomic E-state index is 0.132. The standard InChI is InChI=1S/C16H15FN2O/c17-14-7-5-11(6-8-14)15(18)16(20)19-9-12-3-1-2-4-13(12)10-19/h1-8,15H,9-10,18H2/t15-/m1/s1. The number of fused-ring (bicyclic) bond motifs is 1. The van der Waals surface area contributed by atoms with E-state index in [1.54, 1.807) is 17.0 Å². The van der Waals surface area contributed by atoms with E-state index in [4.69, 9.17) is 5.73 Å². The van der Waals surface area contributed by atoms with Gasteiger partial charge in [-0.05, 0) is 28.8 Å². The fourth-order valence-electron chi connectivity index (χ4n) is 2.50. The van der Waals surface area contributed by atoms with Crippen molar-refractivity contribution in [2.45, 2.75) is 19.1 Å². The Hall–Kier alpha value is -2.20. The van der Waals surface area contributed by atoms with Crippen molar-refractivity contribution in [3.05, 3.63) is 71.0 Å². The molecule has 0 unspecified atom stereocenters. The molecule has 3 rings (SSSR count). The van der Waals surface area contributed by atoms with Crippen LogP contribution in [0.4, 0.5) is 4.39 Å². The SMILES string of the molecule is N[C@@H](C(=O)N1Cc2ccccc2C1)c1ccc(F)cc1. The maximum atomic E-state index is 12.9. The van der Waals surface area contributed by atoms with Crippen molar-refractivity contribution in [2.24, 2.45) is 5.73 Å². The Balaban J connectivity index is 1.76. The average Bonchev–Trinajstić information content (AvgIpc) is 2.90. The molecule has 0 saturated heterocycles. The summed E-state index contributed by atoms with van der Waals surface area (Å²) in [6.45, 7) is 1.17. The third kappa shape index (κ3) is 2.30. The molecular formula is C16H15FN2O. The topological polar surface area (TPSA) is 46.3 Å². The number of hydrogen-bond acceptors (Lipinski definition) is 2. The molecule has 0 bridgehead atoms. The summed E-state index contributed by atoms with van der Waals surface area (Å²) in [5.74, 6) is -0.463. The van der Waals surface area contributed by atoms with Gasteiger partial charge < -0.3 is 10.6 Å². The van der Waals surface area contributed by atoms with Crippen LogP contribution in [-0.2, 0) is 17.9 Å². The maximum absolute atomic E-state index is 12.9. The van der Waals surface area contributed by atoms with Crippen molar-refractivity contribution >= 4 is 5.91 Å². The molecule has 1 heterocycles. The van der Waals surface area contributed by atoms with E-state index in [0.717, 1.165) is 11.1 Å². The van der Waals surface area contributed by atoms with E-state index in [1.165, 1.54) is 12.1 Å². The van der Waals surface area contributed by atoms with Gasteiger partial charge in [0.15, 0.2) is 0 Å². The first kappa shape index (κ1) is 12.8. The number of amides is 1. The van der Waals surface area contributed by atoms with Crippen molar-refractivity contribution in [1.29, 1.82) is 0 Å². The summed E-state index contributed by atoms with van der Waals surface area (Å²) in [7, 11) is 0. The van der Waals surface area contributed by atoms with Crippen molar-refractivity contribution in [1.82, 2.24) is 4.90 Å². The van der Waals surface area contributed by atoms with Crippen LogP contribution in [0.1, 0.15) is 22.7 Å². The summed E-state index contributed by atoms with van der Waals surface area (Å²) in [5, 5.41) is 0. The molecule has 2 aromatic rings. The predicted molar refractivity (Wildman–Crippen MR) is 74.0 cm³/mol. The van der Waals surface area contributed by atoms with Crippen LogP contribution in [0.5, 0.6) is 0 Å². The van der Waals surface area contributed by atoms with Crippen molar-refractivity contribution < 1.29 is 9.18 Å². The highest BCUT2D eigenvalue weighted by Crippen LogP contribution is 2.25. The van der Waals surface area contributed by atoms with E-state index >= 15 is 0 Å². The van der Waals surface area contributed by atoms with Crippen LogP contribution in [0.15, 0.2) is 48.5 Å². The first-order valence-corrected chi connectivity index (χ1v) is 6.52. The fourth-order valence-corrected chi connectivity index (χ4v) is 2.50. The molecule has 2 N–H and O–H groups in total. The van der Waals surface area contributed by atoms with Gasteiger partial charge in [0, 0.05) is 13.1 Å². The molecule has 3 nitrogen and oxygen atoms in total. The Kier molecular flexibility index (Phi) is 3.24. The molecule has 102 valence electrons. The maximum Gasteiger partial charge on any atom is 0.244 e. The van der Waals surface area contributed by atoms with Crippen LogP contribution in [0.3, 0.4) is 0 Å². The molecule has 0 radical (unpaired) electrons. The molecule has 1 aliphatic rings. The van der Waals surface area contributed by atoms with Crippen LogP contribution in [0.2, 0.25) is 0 Å². The lowest BCUT2D eigenvalue weighted by Crippen LogP contribution is -2.35. The van der Waals surface area contributed by atoms with E-state index in [9.17, 15) is 9.18 Å². The quantitative estimate of drug-likeness (QED) is 0.910. The molecular weight excluding hydrogens is 255 g/mol. The number of rotatable bonds is 2. The Morgan fingerprint density at radius 3 is 2.15 bits per heavy atom. The number of nitrogens with zero attached hydrogens (tertiary/aromatic N) is 1. The van der Waals surface area contributed by atoms with Crippen LogP contribution in [0.25, 0.3) is 0 Å². The Morgan fingerprint density at radius 1 is 1.05 bits per heavy atom. The molecule has 1 atom stereocenters. The Bertz CT molecular complexity index is 614. The van der Waals surface area contributed by atoms with Gasteiger partial charge in [0.1, 0.15) is 11.9 Å². The smallest absolute Gasteiger partial charge is 0.244 e. The first-order valence-electron chi connectivity index (χ1n) is 6.52. The van der Waals surface area contributed by atoms with Crippen molar-refractivity contribution in [3.63, 3.8) is 0 Å². The van der Waals surface area contributed by atoms with Crippen LogP contribution >= 0.6 is 0 Å². The predicted octanol–water partition coefficient (Wildman–Crippen LogP) is 2.37. The summed E-state index contributed by atoms with van der Waals surface area (Å²) in [4.78, 5) is 14.1. The molecule has 0 saturated carbocycles. The van der Waals surface area contributed by atoms with Crippen LogP contribution < -0.4 is 5.73 Å². The number of carbonyl (C=O) groups is 1. The number of carbonyl (C=O) groups excluding carboxylic acids is 1. The van der Waals surface area contributed by atoms with Gasteiger partial charge in [0.05, 0.1) is 0 Å². The largest absolute Gasteiger partial charge is 0.332 e. The molecule has 2 aromatic carbocycles. The summed E-state index contributed by atoms with van der Waals surface area (Å²) in [5.41, 5.74) is 8.94. The van der Waals surface area contributed by atoms with E-state index in [-0.39, 0.29) is 11.7 Å². The van der Waals surface area contributed by atoms with Crippen molar-refractivity contribution in [2.75, 3.05) is 0 Å². The molecule has 0 aromatic heterocycles. The van der Waals surface area contributed by atoms with Crippen LogP contribution in [-0.4, -0.2) is 10.8 Å². The van der Waals surface area contributed by atoms with E-state index in [1.807, 2.05) is 24.3 Å². The van der Waals surface area contributed by atoms with Gasteiger partial charge in [-0.1, -0.05) is 36.4 Å². The molecule has 1 aliphatic heterocycles. The van der Waals surface area contributed by atoms with Gasteiger partial charge in [0.25, 0.3) is 0 Å². The van der Waals surface area contributed by atoms with Gasteiger partial charge in [-0.2, -0.15) is 0 Å². The Morgan fingerprint density at radius 2 is 1.60 bits per heavy atom. The molecule has 0 spiro atoms. The second-order valence-corrected chi connectivity index (χ2v) is 4.99. The minimum Gasteiger partial charge on any atom is -0.332 e. The van der Waals surface area contributed by atoms with Gasteiger partial charge >= 0.3 is 0 Å². The van der Waals surface area contributed by atoms with Gasteiger partial charge in [-0.15, -0.1) is 0 Å². The highest BCUT2D eigenvalue weighted by atomic mass is 19.1. The van der Waals surface area contributed by atoms with Gasteiger partial charge in [-0.3, -0.25) is 4.79 Å². The molecule has 4 heteroatoms. The third-order valence-electron chi connectivity index (χ3n) is 3.65. The summed E-state index contributed by atoms with van der Waals surface area (Å²) < 4.78 is 12.9. The van der Waals surface area contributed by atoms with E-state index in [0.29, 0.717) is 18.7 Å². The number of benzene rings is 2. The zero-order valence-electron chi connectivity index (χ0n) is 10.9. The summed E-state index contributed by atoms with van der Waals surface area (Å²) >= 11 is 0. The van der Waals surface area contributed by atoms with E-state index < -0.39 is 6.04 Å². The number of halogens is 1. The highest BCUT2D eigenvalue weighted by Gasteiger charge is 2.27. The summed E-state index contributed by atoms with van der Waals surface area (Å²) in [6.07, 6.45) is 0. The third-order valence-corrected chi connectivity index (χ3v) is 3.65. The molecule has 1 amide bonds. The van der Waals surface area contributed by atoms with Gasteiger partial charge in [-0.25, -0.2) is 4.39 Å². The molecule has 20 heavy (non-hydrogen) atoms. The normalized spacial score (nSPS) is 15.0. The van der Waals surface area contributed by atoms with Gasteiger partial charge in [0.2, 0.25) is 5.91 Å². The highest BCUT2D eigenvalue weighted by molar-refractivity contribution is 5.83. The van der Waals surface area contributed by atoms with Crippen LogP contribution in [0, 0.1) is 5.82 Å². The average molecular weight is 270 g/mol. The number of hydrogen-bond donors (Lipinski definition) is 1. The number of nitrogens with two attached hydrogens (primary N) is 1. The second kappa shape index (κ2) is 5.06. The van der Waals surface area contributed by atoms with E-state index in [2.05, 4.69) is 0 Å². The first-order chi connectivity index (χ1) is 9.65. The lowest BCUT2D eigenvalue weighted by molar-refractivity contribution is -0.133. The summed E-state index contributed by atoms with van der Waals surface area (Å²) in [6, 6.07) is 13.0. The van der Waals surface area contributed by atoms with Crippen molar-refractivity contribution in [3.8, 4) is 0 Å². The molecule has 0 fully saturated rings. The Labute approximate surface area is 116 Å². The zero-order valence-corrected chi connectivity index (χ0v) is 10.9. The monoisotopic (exact) mass is 270 g/mol. The minimum atomic E-state index is -0.745. The zero-order chi connectivity index (χ0) is 14.1.